The van der Waals surface area contributed by atoms with Crippen LogP contribution in [0, 0.1) is 5.92 Å². The monoisotopic (exact) mass is 274 g/mol. The minimum Gasteiger partial charge on any atom is -0.0925 e. The minimum atomic E-state index is 0.393. The Labute approximate surface area is 105 Å². The number of fused-ring (bicyclic) bond motifs is 1. The summed E-state index contributed by atoms with van der Waals surface area (Å²) in [5, 5.41) is 3.91. The molecule has 2 aromatic rings. The summed E-state index contributed by atoms with van der Waals surface area (Å²) in [5.74, 6) is 0.804. The first-order chi connectivity index (χ1) is 7.75. The van der Waals surface area contributed by atoms with Crippen molar-refractivity contribution in [2.75, 3.05) is 5.33 Å². The summed E-state index contributed by atoms with van der Waals surface area (Å²) < 4.78 is 0. The van der Waals surface area contributed by atoms with E-state index in [0.717, 1.165) is 11.2 Å². The largest absolute Gasteiger partial charge is 0.0925 e. The van der Waals surface area contributed by atoms with Gasteiger partial charge in [0.1, 0.15) is 0 Å². The van der Waals surface area contributed by atoms with Crippen LogP contribution in [0.15, 0.2) is 42.5 Å². The van der Waals surface area contributed by atoms with Crippen LogP contribution in [0.5, 0.6) is 0 Å². The molecule has 0 bridgehead atoms. The molecule has 0 heterocycles. The third-order valence-corrected chi connectivity index (χ3v) is 4.78. The lowest BCUT2D eigenvalue weighted by atomic mass is 9.91. The highest BCUT2D eigenvalue weighted by Crippen LogP contribution is 2.56. The number of alkyl halides is 1. The first-order valence-corrected chi connectivity index (χ1v) is 6.92. The van der Waals surface area contributed by atoms with E-state index in [1.807, 2.05) is 0 Å². The molecule has 2 aromatic carbocycles. The summed E-state index contributed by atoms with van der Waals surface area (Å²) in [6, 6.07) is 15.4. The summed E-state index contributed by atoms with van der Waals surface area (Å²) in [6.45, 7) is 2.39. The predicted molar refractivity (Wildman–Crippen MR) is 73.2 cm³/mol. The van der Waals surface area contributed by atoms with Gasteiger partial charge in [0.15, 0.2) is 0 Å². The molecule has 0 nitrogen and oxygen atoms in total. The van der Waals surface area contributed by atoms with Gasteiger partial charge in [0.2, 0.25) is 0 Å². The Kier molecular flexibility index (Phi) is 2.32. The molecule has 2 atom stereocenters. The number of benzene rings is 2. The van der Waals surface area contributed by atoms with E-state index in [2.05, 4.69) is 65.3 Å². The smallest absolute Gasteiger partial charge is 0.00684 e. The molecule has 3 rings (SSSR count). The van der Waals surface area contributed by atoms with Crippen molar-refractivity contribution in [3.63, 3.8) is 0 Å². The zero-order chi connectivity index (χ0) is 11.2. The van der Waals surface area contributed by atoms with E-state index in [4.69, 9.17) is 0 Å². The van der Waals surface area contributed by atoms with Gasteiger partial charge in [0.25, 0.3) is 0 Å². The van der Waals surface area contributed by atoms with Crippen molar-refractivity contribution < 1.29 is 0 Å². The fourth-order valence-corrected chi connectivity index (χ4v) is 3.67. The molecule has 1 aliphatic carbocycles. The molecule has 0 amide bonds. The number of rotatable bonds is 2. The quantitative estimate of drug-likeness (QED) is 0.707. The second kappa shape index (κ2) is 3.59. The number of hydrogen-bond acceptors (Lipinski definition) is 0. The second-order valence-electron chi connectivity index (χ2n) is 5.00. The van der Waals surface area contributed by atoms with Crippen molar-refractivity contribution in [3.05, 3.63) is 48.0 Å². The predicted octanol–water partition coefficient (Wildman–Crippen LogP) is 4.51. The molecular weight excluding hydrogens is 260 g/mol. The normalized spacial score (nSPS) is 28.2. The molecule has 0 aliphatic heterocycles. The van der Waals surface area contributed by atoms with E-state index >= 15 is 0 Å². The van der Waals surface area contributed by atoms with Crippen LogP contribution in [0.4, 0.5) is 0 Å². The zero-order valence-corrected chi connectivity index (χ0v) is 11.0. The average molecular weight is 275 g/mol. The first-order valence-electron chi connectivity index (χ1n) is 5.80. The lowest BCUT2D eigenvalue weighted by Crippen LogP contribution is -2.05. The number of halogens is 1. The molecule has 0 spiro atoms. The van der Waals surface area contributed by atoms with Gasteiger partial charge in [-0.3, -0.25) is 0 Å². The maximum absolute atomic E-state index is 3.61. The van der Waals surface area contributed by atoms with E-state index in [9.17, 15) is 0 Å². The fraction of sp³-hybridized carbons (Fsp3) is 0.333. The van der Waals surface area contributed by atoms with Crippen LogP contribution in [0.1, 0.15) is 18.9 Å². The summed E-state index contributed by atoms with van der Waals surface area (Å²) >= 11 is 3.61. The Morgan fingerprint density at radius 1 is 1.19 bits per heavy atom. The molecule has 16 heavy (non-hydrogen) atoms. The van der Waals surface area contributed by atoms with E-state index in [1.165, 1.54) is 22.8 Å². The van der Waals surface area contributed by atoms with Gasteiger partial charge in [-0.25, -0.2) is 0 Å². The molecular formula is C15H15Br. The zero-order valence-electron chi connectivity index (χ0n) is 9.41. The van der Waals surface area contributed by atoms with Gasteiger partial charge < -0.3 is 0 Å². The van der Waals surface area contributed by atoms with Crippen LogP contribution < -0.4 is 0 Å². The summed E-state index contributed by atoms with van der Waals surface area (Å²) in [6.07, 6.45) is 1.31. The lowest BCUT2D eigenvalue weighted by molar-refractivity contribution is 0.717. The SMILES string of the molecule is CC1(c2cccc3ccccc23)CC1CBr. The van der Waals surface area contributed by atoms with Crippen LogP contribution in [-0.4, -0.2) is 5.33 Å². The van der Waals surface area contributed by atoms with Crippen LogP contribution in [0.3, 0.4) is 0 Å². The van der Waals surface area contributed by atoms with Crippen LogP contribution in [-0.2, 0) is 5.41 Å². The Bertz CT molecular complexity index is 526. The number of hydrogen-bond donors (Lipinski definition) is 0. The fourth-order valence-electron chi connectivity index (χ4n) is 2.73. The molecule has 0 N–H and O–H groups in total. The first kappa shape index (κ1) is 10.3. The van der Waals surface area contributed by atoms with Gasteiger partial charge in [-0.05, 0) is 34.1 Å². The molecule has 1 heteroatoms. The van der Waals surface area contributed by atoms with Gasteiger partial charge >= 0.3 is 0 Å². The van der Waals surface area contributed by atoms with Crippen molar-refractivity contribution in [1.82, 2.24) is 0 Å². The molecule has 0 saturated heterocycles. The van der Waals surface area contributed by atoms with E-state index in [1.54, 1.807) is 0 Å². The topological polar surface area (TPSA) is 0 Å². The molecule has 0 aromatic heterocycles. The van der Waals surface area contributed by atoms with Crippen LogP contribution in [0.25, 0.3) is 10.8 Å². The molecule has 2 unspecified atom stereocenters. The highest BCUT2D eigenvalue weighted by Gasteiger charge is 2.50. The van der Waals surface area contributed by atoms with Crippen LogP contribution in [0.2, 0.25) is 0 Å². The van der Waals surface area contributed by atoms with Crippen molar-refractivity contribution in [2.45, 2.75) is 18.8 Å². The van der Waals surface area contributed by atoms with E-state index in [-0.39, 0.29) is 0 Å². The minimum absolute atomic E-state index is 0.393. The van der Waals surface area contributed by atoms with Crippen molar-refractivity contribution >= 4 is 26.7 Å². The maximum Gasteiger partial charge on any atom is 0.00684 e. The highest BCUT2D eigenvalue weighted by atomic mass is 79.9. The second-order valence-corrected chi connectivity index (χ2v) is 5.65. The molecule has 1 saturated carbocycles. The molecule has 82 valence electrons. The molecule has 0 radical (unpaired) electrons. The van der Waals surface area contributed by atoms with Crippen molar-refractivity contribution in [1.29, 1.82) is 0 Å². The highest BCUT2D eigenvalue weighted by molar-refractivity contribution is 9.09. The Morgan fingerprint density at radius 2 is 1.94 bits per heavy atom. The lowest BCUT2D eigenvalue weighted by Gasteiger charge is -2.14. The molecule has 1 fully saturated rings. The average Bonchev–Trinajstić information content (AvgIpc) is 3.01. The Hall–Kier alpha value is -0.820. The standard InChI is InChI=1S/C15H15Br/c1-15(9-12(15)10-16)14-8-4-6-11-5-2-3-7-13(11)14/h2-8,12H,9-10H2,1H3. The van der Waals surface area contributed by atoms with Crippen molar-refractivity contribution in [3.8, 4) is 0 Å². The van der Waals surface area contributed by atoms with Gasteiger partial charge in [-0.15, -0.1) is 0 Å². The van der Waals surface area contributed by atoms with Gasteiger partial charge in [0, 0.05) is 5.33 Å². The summed E-state index contributed by atoms with van der Waals surface area (Å²) in [5.41, 5.74) is 1.92. The Morgan fingerprint density at radius 3 is 2.69 bits per heavy atom. The van der Waals surface area contributed by atoms with Gasteiger partial charge in [-0.2, -0.15) is 0 Å². The molecule has 1 aliphatic rings. The van der Waals surface area contributed by atoms with E-state index in [0.29, 0.717) is 5.41 Å². The van der Waals surface area contributed by atoms with E-state index < -0.39 is 0 Å². The third-order valence-electron chi connectivity index (χ3n) is 4.00. The van der Waals surface area contributed by atoms with Gasteiger partial charge in [0.05, 0.1) is 0 Å². The summed E-state index contributed by atoms with van der Waals surface area (Å²) in [4.78, 5) is 0. The van der Waals surface area contributed by atoms with Crippen molar-refractivity contribution in [2.24, 2.45) is 5.92 Å². The van der Waals surface area contributed by atoms with Crippen LogP contribution >= 0.6 is 15.9 Å². The third kappa shape index (κ3) is 1.41. The summed E-state index contributed by atoms with van der Waals surface area (Å²) in [7, 11) is 0. The maximum atomic E-state index is 3.61. The Balaban J connectivity index is 2.18. The van der Waals surface area contributed by atoms with Gasteiger partial charge in [-0.1, -0.05) is 65.3 Å².